The van der Waals surface area contributed by atoms with E-state index in [4.69, 9.17) is 5.11 Å². The van der Waals surface area contributed by atoms with Crippen LogP contribution in [0.4, 0.5) is 0 Å². The maximum absolute atomic E-state index is 10.5. The normalized spacial score (nSPS) is 10.4. The molecule has 0 aliphatic rings. The van der Waals surface area contributed by atoms with Crippen molar-refractivity contribution in [2.45, 2.75) is 19.9 Å². The number of tetrazole rings is 1. The molecule has 2 aromatic heterocycles. The van der Waals surface area contributed by atoms with Crippen molar-refractivity contribution >= 4 is 5.97 Å². The Bertz CT molecular complexity index is 537. The van der Waals surface area contributed by atoms with E-state index in [1.54, 1.807) is 6.20 Å². The molecule has 0 aromatic carbocycles. The van der Waals surface area contributed by atoms with Gasteiger partial charge in [-0.05, 0) is 29.0 Å². The molecule has 7 heteroatoms. The van der Waals surface area contributed by atoms with Gasteiger partial charge in [0.15, 0.2) is 0 Å². The highest BCUT2D eigenvalue weighted by molar-refractivity contribution is 5.66. The van der Waals surface area contributed by atoms with E-state index < -0.39 is 5.97 Å². The van der Waals surface area contributed by atoms with Crippen LogP contribution < -0.4 is 0 Å². The first-order chi connectivity index (χ1) is 8.18. The summed E-state index contributed by atoms with van der Waals surface area (Å²) in [5, 5.41) is 19.8. The van der Waals surface area contributed by atoms with Crippen molar-refractivity contribution in [3.05, 3.63) is 23.9 Å². The third-order valence-corrected chi connectivity index (χ3v) is 2.29. The number of hydrogen-bond acceptors (Lipinski definition) is 5. The first kappa shape index (κ1) is 11.2. The summed E-state index contributed by atoms with van der Waals surface area (Å²) >= 11 is 0. The SMILES string of the molecule is Cc1cccnc1-c1nnnn1CCC(=O)O. The van der Waals surface area contributed by atoms with Crippen LogP contribution in [0.5, 0.6) is 0 Å². The first-order valence-corrected chi connectivity index (χ1v) is 5.08. The number of rotatable bonds is 4. The molecular formula is C10H11N5O2. The molecule has 0 spiro atoms. The molecule has 2 aromatic rings. The summed E-state index contributed by atoms with van der Waals surface area (Å²) < 4.78 is 1.45. The molecule has 0 amide bonds. The summed E-state index contributed by atoms with van der Waals surface area (Å²) in [7, 11) is 0. The molecule has 0 bridgehead atoms. The van der Waals surface area contributed by atoms with Crippen LogP contribution in [0.15, 0.2) is 18.3 Å². The van der Waals surface area contributed by atoms with Crippen LogP contribution in [0, 0.1) is 6.92 Å². The number of carbonyl (C=O) groups is 1. The highest BCUT2D eigenvalue weighted by atomic mass is 16.4. The highest BCUT2D eigenvalue weighted by Gasteiger charge is 2.12. The Morgan fingerprint density at radius 3 is 3.06 bits per heavy atom. The average molecular weight is 233 g/mol. The van der Waals surface area contributed by atoms with Crippen molar-refractivity contribution < 1.29 is 9.90 Å². The molecule has 88 valence electrons. The van der Waals surface area contributed by atoms with Gasteiger partial charge in [0.2, 0.25) is 5.82 Å². The lowest BCUT2D eigenvalue weighted by Crippen LogP contribution is -2.08. The van der Waals surface area contributed by atoms with Gasteiger partial charge in [-0.25, -0.2) is 4.68 Å². The summed E-state index contributed by atoms with van der Waals surface area (Å²) in [6.07, 6.45) is 1.63. The number of aliphatic carboxylic acids is 1. The molecule has 0 saturated heterocycles. The van der Waals surface area contributed by atoms with E-state index in [2.05, 4.69) is 20.5 Å². The van der Waals surface area contributed by atoms with E-state index in [-0.39, 0.29) is 13.0 Å². The van der Waals surface area contributed by atoms with Crippen LogP contribution in [0.2, 0.25) is 0 Å². The van der Waals surface area contributed by atoms with E-state index in [0.717, 1.165) is 5.56 Å². The number of aromatic nitrogens is 5. The van der Waals surface area contributed by atoms with E-state index in [1.807, 2.05) is 19.1 Å². The summed E-state index contributed by atoms with van der Waals surface area (Å²) in [4.78, 5) is 14.7. The molecule has 0 unspecified atom stereocenters. The van der Waals surface area contributed by atoms with E-state index in [1.165, 1.54) is 4.68 Å². The monoisotopic (exact) mass is 233 g/mol. The highest BCUT2D eigenvalue weighted by Crippen LogP contribution is 2.16. The topological polar surface area (TPSA) is 93.8 Å². The molecule has 0 saturated carbocycles. The minimum absolute atomic E-state index is 0.0239. The number of pyridine rings is 1. The lowest BCUT2D eigenvalue weighted by atomic mass is 10.2. The van der Waals surface area contributed by atoms with Gasteiger partial charge < -0.3 is 5.11 Å². The molecular weight excluding hydrogens is 222 g/mol. The minimum Gasteiger partial charge on any atom is -0.481 e. The second-order valence-electron chi connectivity index (χ2n) is 3.54. The predicted octanol–water partition coefficient (Wildman–Crippen LogP) is 0.518. The summed E-state index contributed by atoms with van der Waals surface area (Å²) in [5.74, 6) is -0.395. The van der Waals surface area contributed by atoms with Gasteiger partial charge in [0.1, 0.15) is 5.69 Å². The van der Waals surface area contributed by atoms with Gasteiger partial charge in [0.05, 0.1) is 13.0 Å². The van der Waals surface area contributed by atoms with Crippen molar-refractivity contribution in [2.75, 3.05) is 0 Å². The Morgan fingerprint density at radius 1 is 1.53 bits per heavy atom. The number of hydrogen-bond donors (Lipinski definition) is 1. The van der Waals surface area contributed by atoms with Gasteiger partial charge in [-0.15, -0.1) is 5.10 Å². The molecule has 7 nitrogen and oxygen atoms in total. The van der Waals surface area contributed by atoms with Gasteiger partial charge in [0, 0.05) is 6.20 Å². The van der Waals surface area contributed by atoms with Gasteiger partial charge in [-0.2, -0.15) is 0 Å². The van der Waals surface area contributed by atoms with E-state index in [0.29, 0.717) is 11.5 Å². The largest absolute Gasteiger partial charge is 0.481 e. The van der Waals surface area contributed by atoms with E-state index >= 15 is 0 Å². The lowest BCUT2D eigenvalue weighted by Gasteiger charge is -2.04. The minimum atomic E-state index is -0.885. The Hall–Kier alpha value is -2.31. The lowest BCUT2D eigenvalue weighted by molar-refractivity contribution is -0.137. The fourth-order valence-electron chi connectivity index (χ4n) is 1.45. The Balaban J connectivity index is 2.31. The maximum atomic E-state index is 10.5. The second-order valence-corrected chi connectivity index (χ2v) is 3.54. The van der Waals surface area contributed by atoms with Crippen LogP contribution in [0.1, 0.15) is 12.0 Å². The molecule has 1 N–H and O–H groups in total. The zero-order valence-electron chi connectivity index (χ0n) is 9.24. The zero-order chi connectivity index (χ0) is 12.3. The zero-order valence-corrected chi connectivity index (χ0v) is 9.24. The van der Waals surface area contributed by atoms with Crippen LogP contribution in [-0.2, 0) is 11.3 Å². The number of aryl methyl sites for hydroxylation is 2. The second kappa shape index (κ2) is 4.69. The Labute approximate surface area is 97.1 Å². The van der Waals surface area contributed by atoms with Crippen molar-refractivity contribution in [3.63, 3.8) is 0 Å². The summed E-state index contributed by atoms with van der Waals surface area (Å²) in [5.41, 5.74) is 1.61. The Morgan fingerprint density at radius 2 is 2.35 bits per heavy atom. The van der Waals surface area contributed by atoms with E-state index in [9.17, 15) is 4.79 Å². The van der Waals surface area contributed by atoms with Crippen LogP contribution in [0.3, 0.4) is 0 Å². The molecule has 0 radical (unpaired) electrons. The fraction of sp³-hybridized carbons (Fsp3) is 0.300. The maximum Gasteiger partial charge on any atom is 0.305 e. The molecule has 17 heavy (non-hydrogen) atoms. The molecule has 0 aliphatic heterocycles. The summed E-state index contributed by atoms with van der Waals surface area (Å²) in [6.45, 7) is 2.13. The van der Waals surface area contributed by atoms with Crippen LogP contribution in [0.25, 0.3) is 11.5 Å². The van der Waals surface area contributed by atoms with Crippen LogP contribution in [-0.4, -0.2) is 36.3 Å². The average Bonchev–Trinajstić information content (AvgIpc) is 2.75. The molecule has 2 rings (SSSR count). The van der Waals surface area contributed by atoms with Crippen molar-refractivity contribution in [1.82, 2.24) is 25.2 Å². The quantitative estimate of drug-likeness (QED) is 0.827. The van der Waals surface area contributed by atoms with Crippen molar-refractivity contribution in [1.29, 1.82) is 0 Å². The fourth-order valence-corrected chi connectivity index (χ4v) is 1.45. The third-order valence-electron chi connectivity index (χ3n) is 2.29. The summed E-state index contributed by atoms with van der Waals surface area (Å²) in [6, 6.07) is 3.72. The van der Waals surface area contributed by atoms with Gasteiger partial charge >= 0.3 is 5.97 Å². The molecule has 2 heterocycles. The van der Waals surface area contributed by atoms with Gasteiger partial charge in [-0.3, -0.25) is 9.78 Å². The molecule has 0 fully saturated rings. The number of carboxylic acid groups (broad SMARTS) is 1. The number of nitrogens with zero attached hydrogens (tertiary/aromatic N) is 5. The predicted molar refractivity (Wildman–Crippen MR) is 58.0 cm³/mol. The Kier molecular flexibility index (Phi) is 3.08. The third kappa shape index (κ3) is 2.44. The van der Waals surface area contributed by atoms with Gasteiger partial charge in [-0.1, -0.05) is 6.07 Å². The first-order valence-electron chi connectivity index (χ1n) is 5.08. The van der Waals surface area contributed by atoms with Gasteiger partial charge in [0.25, 0.3) is 0 Å². The van der Waals surface area contributed by atoms with Crippen molar-refractivity contribution in [3.8, 4) is 11.5 Å². The van der Waals surface area contributed by atoms with Crippen molar-refractivity contribution in [2.24, 2.45) is 0 Å². The van der Waals surface area contributed by atoms with Crippen LogP contribution >= 0.6 is 0 Å². The molecule has 0 aliphatic carbocycles. The molecule has 0 atom stereocenters. The standard InChI is InChI=1S/C10H11N5O2/c1-7-3-2-5-11-9(7)10-12-13-14-15(10)6-4-8(16)17/h2-3,5H,4,6H2,1H3,(H,16,17). The number of carboxylic acids is 1. The smallest absolute Gasteiger partial charge is 0.305 e.